The van der Waals surface area contributed by atoms with Crippen LogP contribution in [0.4, 0.5) is 0 Å². The van der Waals surface area contributed by atoms with E-state index in [1.807, 2.05) is 0 Å². The molecule has 10 nitrogen and oxygen atoms in total. The Labute approximate surface area is 82.2 Å². The molecule has 82 valence electrons. The van der Waals surface area contributed by atoms with Gasteiger partial charge in [-0.05, 0) is 6.92 Å². The van der Waals surface area contributed by atoms with Crippen LogP contribution in [0, 0.1) is 20.2 Å². The molecular weight excluding hydrogens is 212 g/mol. The summed E-state index contributed by atoms with van der Waals surface area (Å²) in [5.74, 6) is -0.376. The summed E-state index contributed by atoms with van der Waals surface area (Å²) in [6.45, 7) is 1.96. The van der Waals surface area contributed by atoms with E-state index in [1.54, 1.807) is 6.92 Å². The van der Waals surface area contributed by atoms with E-state index >= 15 is 0 Å². The molecule has 0 radical (unpaired) electrons. The van der Waals surface area contributed by atoms with Crippen LogP contribution in [0.3, 0.4) is 0 Å². The first-order chi connectivity index (χ1) is 7.02. The molecule has 1 rings (SSSR count). The molecule has 1 aromatic heterocycles. The Hall–Kier alpha value is -2.39. The quantitative estimate of drug-likeness (QED) is 0.504. The molecule has 0 unspecified atom stereocenters. The van der Waals surface area contributed by atoms with Crippen molar-refractivity contribution in [1.29, 1.82) is 0 Å². The predicted molar refractivity (Wildman–Crippen MR) is 43.1 cm³/mol. The van der Waals surface area contributed by atoms with Crippen LogP contribution < -0.4 is 9.68 Å². The molecule has 15 heavy (non-hydrogen) atoms. The molecule has 0 aliphatic heterocycles. The molecule has 0 fully saturated rings. The van der Waals surface area contributed by atoms with Gasteiger partial charge in [-0.3, -0.25) is 4.84 Å². The smallest absolute Gasteiger partial charge is 0.302 e. The largest absolute Gasteiger partial charge is 0.310 e. The van der Waals surface area contributed by atoms with E-state index in [9.17, 15) is 20.2 Å². The van der Waals surface area contributed by atoms with Gasteiger partial charge in [0.2, 0.25) is 5.88 Å². The number of aromatic nitrogens is 2. The molecule has 0 saturated heterocycles. The first kappa shape index (κ1) is 10.7. The summed E-state index contributed by atoms with van der Waals surface area (Å²) in [5.41, 5.74) is 0. The molecule has 1 heterocycles. The zero-order chi connectivity index (χ0) is 11.4. The second-order valence-electron chi connectivity index (χ2n) is 2.28. The minimum atomic E-state index is -1.07. The fraction of sp³-hybridized carbons (Fsp3) is 0.400. The zero-order valence-corrected chi connectivity index (χ0v) is 7.52. The lowest BCUT2D eigenvalue weighted by atomic mass is 10.7. The number of nitrogens with zero attached hydrogens (tertiary/aromatic N) is 4. The Morgan fingerprint density at radius 2 is 2.00 bits per heavy atom. The average Bonchev–Trinajstić information content (AvgIpc) is 2.45. The molecule has 0 spiro atoms. The van der Waals surface area contributed by atoms with E-state index < -0.39 is 10.2 Å². The fourth-order valence-corrected chi connectivity index (χ4v) is 0.862. The highest BCUT2D eigenvalue weighted by Gasteiger charge is 2.13. The van der Waals surface area contributed by atoms with Gasteiger partial charge >= 0.3 is 10.2 Å². The van der Waals surface area contributed by atoms with Crippen LogP contribution in [0.2, 0.25) is 0 Å². The molecule has 0 amide bonds. The van der Waals surface area contributed by atoms with Crippen LogP contribution in [0.25, 0.3) is 0 Å². The Bertz CT molecular complexity index is 387. The van der Waals surface area contributed by atoms with Gasteiger partial charge in [0.15, 0.2) is 0 Å². The Morgan fingerprint density at radius 3 is 2.47 bits per heavy atom. The van der Waals surface area contributed by atoms with E-state index in [1.165, 1.54) is 4.57 Å². The van der Waals surface area contributed by atoms with Crippen LogP contribution in [0.15, 0.2) is 6.20 Å². The zero-order valence-electron chi connectivity index (χ0n) is 7.52. The highest BCUT2D eigenvalue weighted by Crippen LogP contribution is 2.17. The molecule has 0 aromatic carbocycles. The number of aryl methyl sites for hydroxylation is 1. The van der Waals surface area contributed by atoms with Gasteiger partial charge in [-0.25, -0.2) is 4.84 Å². The van der Waals surface area contributed by atoms with Crippen molar-refractivity contribution < 1.29 is 19.8 Å². The lowest BCUT2D eigenvalue weighted by Crippen LogP contribution is -2.08. The lowest BCUT2D eigenvalue weighted by molar-refractivity contribution is -0.715. The van der Waals surface area contributed by atoms with Gasteiger partial charge in [-0.15, -0.1) is 20.2 Å². The van der Waals surface area contributed by atoms with Crippen LogP contribution in [0.1, 0.15) is 6.92 Å². The second kappa shape index (κ2) is 4.21. The molecule has 0 saturated carbocycles. The molecule has 0 bridgehead atoms. The van der Waals surface area contributed by atoms with Crippen LogP contribution in [0.5, 0.6) is 11.9 Å². The number of imidazole rings is 1. The molecule has 0 aliphatic carbocycles. The molecule has 0 atom stereocenters. The van der Waals surface area contributed by atoms with Crippen molar-refractivity contribution in [2.75, 3.05) is 0 Å². The lowest BCUT2D eigenvalue weighted by Gasteiger charge is -1.99. The van der Waals surface area contributed by atoms with Crippen LogP contribution in [-0.4, -0.2) is 19.7 Å². The SMILES string of the molecule is CCn1cc(O[N+](=O)[O-])nc1O[N+](=O)[O-]. The number of hydrogen-bond donors (Lipinski definition) is 0. The summed E-state index contributed by atoms with van der Waals surface area (Å²) < 4.78 is 1.20. The van der Waals surface area contributed by atoms with Gasteiger partial charge in [0.25, 0.3) is 6.01 Å². The summed E-state index contributed by atoms with van der Waals surface area (Å²) in [6, 6.07) is -0.376. The van der Waals surface area contributed by atoms with Crippen molar-refractivity contribution in [2.45, 2.75) is 13.5 Å². The summed E-state index contributed by atoms with van der Waals surface area (Å²) in [7, 11) is 0. The van der Waals surface area contributed by atoms with E-state index in [0.717, 1.165) is 6.20 Å². The van der Waals surface area contributed by atoms with Crippen molar-refractivity contribution in [2.24, 2.45) is 0 Å². The maximum atomic E-state index is 10.0. The van der Waals surface area contributed by atoms with Crippen LogP contribution in [-0.2, 0) is 6.54 Å². The van der Waals surface area contributed by atoms with Gasteiger partial charge in [-0.1, -0.05) is 0 Å². The Balaban J connectivity index is 2.89. The minimum absolute atomic E-state index is 0.303. The minimum Gasteiger partial charge on any atom is -0.310 e. The third-order valence-corrected chi connectivity index (χ3v) is 1.38. The monoisotopic (exact) mass is 218 g/mol. The summed E-state index contributed by atoms with van der Waals surface area (Å²) in [6.07, 6.45) is 1.13. The van der Waals surface area contributed by atoms with Gasteiger partial charge in [-0.2, -0.15) is 4.98 Å². The maximum Gasteiger partial charge on any atom is 0.302 e. The third-order valence-electron chi connectivity index (χ3n) is 1.38. The van der Waals surface area contributed by atoms with E-state index in [2.05, 4.69) is 14.7 Å². The summed E-state index contributed by atoms with van der Waals surface area (Å²) in [4.78, 5) is 31.5. The first-order valence-electron chi connectivity index (χ1n) is 3.74. The van der Waals surface area contributed by atoms with Gasteiger partial charge in [0, 0.05) is 6.54 Å². The Kier molecular flexibility index (Phi) is 3.00. The van der Waals surface area contributed by atoms with Gasteiger partial charge < -0.3 is 4.57 Å². The van der Waals surface area contributed by atoms with Crippen LogP contribution >= 0.6 is 0 Å². The van der Waals surface area contributed by atoms with Gasteiger partial charge in [0.1, 0.15) is 0 Å². The molecule has 0 aliphatic rings. The molecule has 0 N–H and O–H groups in total. The molecular formula is C5H6N4O6. The van der Waals surface area contributed by atoms with Crippen molar-refractivity contribution in [3.8, 4) is 11.9 Å². The van der Waals surface area contributed by atoms with E-state index in [0.29, 0.717) is 6.54 Å². The normalized spacial score (nSPS) is 9.67. The topological polar surface area (TPSA) is 123 Å². The highest BCUT2D eigenvalue weighted by molar-refractivity contribution is 5.12. The van der Waals surface area contributed by atoms with Crippen molar-refractivity contribution in [3.05, 3.63) is 26.4 Å². The highest BCUT2D eigenvalue weighted by atomic mass is 17.0. The molecule has 10 heteroatoms. The predicted octanol–water partition coefficient (Wildman–Crippen LogP) is 0.0440. The maximum absolute atomic E-state index is 10.0. The van der Waals surface area contributed by atoms with E-state index in [4.69, 9.17) is 0 Å². The fourth-order valence-electron chi connectivity index (χ4n) is 0.862. The van der Waals surface area contributed by atoms with Gasteiger partial charge in [0.05, 0.1) is 6.20 Å². The van der Waals surface area contributed by atoms with E-state index in [-0.39, 0.29) is 11.9 Å². The Morgan fingerprint density at radius 1 is 1.40 bits per heavy atom. The second-order valence-corrected chi connectivity index (χ2v) is 2.28. The molecule has 1 aromatic rings. The summed E-state index contributed by atoms with van der Waals surface area (Å²) >= 11 is 0. The average molecular weight is 218 g/mol. The first-order valence-corrected chi connectivity index (χ1v) is 3.74. The van der Waals surface area contributed by atoms with Crippen molar-refractivity contribution in [3.63, 3.8) is 0 Å². The van der Waals surface area contributed by atoms with Crippen molar-refractivity contribution in [1.82, 2.24) is 9.55 Å². The summed E-state index contributed by atoms with van der Waals surface area (Å²) in [5, 5.41) is 17.8. The van der Waals surface area contributed by atoms with Crippen molar-refractivity contribution >= 4 is 0 Å². The third kappa shape index (κ3) is 2.79. The standard InChI is InChI=1S/C5H6N4O6/c1-2-7-3-4(14-8(10)11)6-5(7)15-9(12)13/h3H,2H2,1H3. The number of hydrogen-bond acceptors (Lipinski definition) is 7. The number of rotatable bonds is 5.